The first-order chi connectivity index (χ1) is 13.7. The topological polar surface area (TPSA) is 66.5 Å². The Balaban J connectivity index is 1.85. The first-order valence-corrected chi connectivity index (χ1v) is 12.6. The van der Waals surface area contributed by atoms with Gasteiger partial charge in [0.2, 0.25) is 10.0 Å². The van der Waals surface area contributed by atoms with E-state index in [9.17, 15) is 13.2 Å². The minimum absolute atomic E-state index is 0.0374. The van der Waals surface area contributed by atoms with Crippen LogP contribution in [0, 0.1) is 17.8 Å². The Hall–Kier alpha value is -1.40. The smallest absolute Gasteiger partial charge is 0.253 e. The Kier molecular flexibility index (Phi) is 7.05. The standard InChI is InChI=1S/C23H36N2O3S/c1-16(2)14-24-29(27,28)22-13-19(9-10-21(22)17(3)4)23(26)25-12-11-18-7-5-6-8-20(18)15-25/h9-10,13,16-18,20,24H,5-8,11-12,14-15H2,1-4H3/t18-,20-/m1/s1. The summed E-state index contributed by atoms with van der Waals surface area (Å²) in [5.74, 6) is 1.60. The van der Waals surface area contributed by atoms with Gasteiger partial charge >= 0.3 is 0 Å². The van der Waals surface area contributed by atoms with Gasteiger partial charge in [-0.25, -0.2) is 13.1 Å². The summed E-state index contributed by atoms with van der Waals surface area (Å²) in [6, 6.07) is 5.20. The number of nitrogens with one attached hydrogen (secondary N) is 1. The van der Waals surface area contributed by atoms with Crippen molar-refractivity contribution in [3.63, 3.8) is 0 Å². The van der Waals surface area contributed by atoms with Crippen molar-refractivity contribution in [3.8, 4) is 0 Å². The largest absolute Gasteiger partial charge is 0.338 e. The van der Waals surface area contributed by atoms with Crippen LogP contribution in [0.4, 0.5) is 0 Å². The Morgan fingerprint density at radius 1 is 1.10 bits per heavy atom. The quantitative estimate of drug-likeness (QED) is 0.742. The summed E-state index contributed by atoms with van der Waals surface area (Å²) in [7, 11) is -3.66. The molecule has 1 aromatic carbocycles. The van der Waals surface area contributed by atoms with Crippen molar-refractivity contribution in [3.05, 3.63) is 29.3 Å². The second-order valence-electron chi connectivity index (χ2n) is 9.50. The number of hydrogen-bond donors (Lipinski definition) is 1. The van der Waals surface area contributed by atoms with E-state index in [-0.39, 0.29) is 22.6 Å². The predicted molar refractivity (Wildman–Crippen MR) is 117 cm³/mol. The molecule has 1 aliphatic carbocycles. The molecular weight excluding hydrogens is 384 g/mol. The molecule has 2 atom stereocenters. The molecule has 1 amide bonds. The van der Waals surface area contributed by atoms with E-state index in [1.54, 1.807) is 12.1 Å². The van der Waals surface area contributed by atoms with E-state index in [2.05, 4.69) is 4.72 Å². The molecule has 1 saturated carbocycles. The molecule has 0 spiro atoms. The average Bonchev–Trinajstić information content (AvgIpc) is 2.71. The highest BCUT2D eigenvalue weighted by Crippen LogP contribution is 2.36. The van der Waals surface area contributed by atoms with E-state index in [0.717, 1.165) is 31.0 Å². The van der Waals surface area contributed by atoms with E-state index in [1.807, 2.05) is 38.7 Å². The van der Waals surface area contributed by atoms with Gasteiger partial charge in [0.25, 0.3) is 5.91 Å². The minimum Gasteiger partial charge on any atom is -0.338 e. The van der Waals surface area contributed by atoms with Crippen molar-refractivity contribution >= 4 is 15.9 Å². The van der Waals surface area contributed by atoms with Crippen LogP contribution in [0.25, 0.3) is 0 Å². The first-order valence-electron chi connectivity index (χ1n) is 11.1. The fourth-order valence-electron chi connectivity index (χ4n) is 4.70. The summed E-state index contributed by atoms with van der Waals surface area (Å²) in [6.07, 6.45) is 6.15. The molecule has 0 bridgehead atoms. The predicted octanol–water partition coefficient (Wildman–Crippen LogP) is 4.40. The average molecular weight is 421 g/mol. The van der Waals surface area contributed by atoms with Gasteiger partial charge in [-0.05, 0) is 54.2 Å². The number of piperidine rings is 1. The number of hydrogen-bond acceptors (Lipinski definition) is 3. The third-order valence-corrected chi connectivity index (χ3v) is 7.91. The van der Waals surface area contributed by atoms with Crippen LogP contribution in [0.5, 0.6) is 0 Å². The molecule has 0 aromatic heterocycles. The Morgan fingerprint density at radius 2 is 1.79 bits per heavy atom. The lowest BCUT2D eigenvalue weighted by Gasteiger charge is -2.41. The van der Waals surface area contributed by atoms with E-state index >= 15 is 0 Å². The van der Waals surface area contributed by atoms with Crippen LogP contribution in [-0.4, -0.2) is 38.9 Å². The molecule has 29 heavy (non-hydrogen) atoms. The van der Waals surface area contributed by atoms with Crippen LogP contribution in [0.3, 0.4) is 0 Å². The molecule has 1 saturated heterocycles. The van der Waals surface area contributed by atoms with Crippen LogP contribution < -0.4 is 4.72 Å². The number of likely N-dealkylation sites (tertiary alicyclic amines) is 1. The molecule has 0 unspecified atom stereocenters. The van der Waals surface area contributed by atoms with Crippen molar-refractivity contribution < 1.29 is 13.2 Å². The van der Waals surface area contributed by atoms with Crippen LogP contribution in [0.15, 0.2) is 23.1 Å². The van der Waals surface area contributed by atoms with Gasteiger partial charge < -0.3 is 4.90 Å². The fraction of sp³-hybridized carbons (Fsp3) is 0.696. The van der Waals surface area contributed by atoms with Crippen molar-refractivity contribution in [2.24, 2.45) is 17.8 Å². The van der Waals surface area contributed by atoms with E-state index < -0.39 is 10.0 Å². The molecule has 162 valence electrons. The fourth-order valence-corrected chi connectivity index (χ4v) is 6.30. The highest BCUT2D eigenvalue weighted by atomic mass is 32.2. The van der Waals surface area contributed by atoms with Gasteiger partial charge in [-0.1, -0.05) is 53.0 Å². The number of fused-ring (bicyclic) bond motifs is 1. The van der Waals surface area contributed by atoms with Crippen molar-refractivity contribution in [2.45, 2.75) is 70.6 Å². The number of sulfonamides is 1. The zero-order valence-corrected chi connectivity index (χ0v) is 19.1. The maximum absolute atomic E-state index is 13.2. The number of benzene rings is 1. The minimum atomic E-state index is -3.66. The van der Waals surface area contributed by atoms with Gasteiger partial charge in [0.1, 0.15) is 0 Å². The van der Waals surface area contributed by atoms with Gasteiger partial charge in [0.15, 0.2) is 0 Å². The van der Waals surface area contributed by atoms with Crippen LogP contribution in [0.1, 0.15) is 81.6 Å². The molecule has 1 N–H and O–H groups in total. The van der Waals surface area contributed by atoms with E-state index in [4.69, 9.17) is 0 Å². The van der Waals surface area contributed by atoms with Crippen LogP contribution in [0.2, 0.25) is 0 Å². The third-order valence-electron chi connectivity index (χ3n) is 6.43. The van der Waals surface area contributed by atoms with Crippen LogP contribution in [-0.2, 0) is 10.0 Å². The lowest BCUT2D eigenvalue weighted by atomic mass is 9.75. The number of rotatable bonds is 6. The van der Waals surface area contributed by atoms with E-state index in [1.165, 1.54) is 25.7 Å². The molecular formula is C23H36N2O3S. The lowest BCUT2D eigenvalue weighted by Crippen LogP contribution is -2.44. The van der Waals surface area contributed by atoms with Gasteiger partial charge in [-0.3, -0.25) is 4.79 Å². The lowest BCUT2D eigenvalue weighted by molar-refractivity contribution is 0.0520. The molecule has 5 nitrogen and oxygen atoms in total. The third kappa shape index (κ3) is 5.21. The number of carbonyl (C=O) groups is 1. The first kappa shape index (κ1) is 22.3. The Bertz CT molecular complexity index is 833. The summed E-state index contributed by atoms with van der Waals surface area (Å²) < 4.78 is 28.6. The maximum Gasteiger partial charge on any atom is 0.253 e. The summed E-state index contributed by atoms with van der Waals surface area (Å²) in [6.45, 7) is 9.87. The maximum atomic E-state index is 13.2. The summed E-state index contributed by atoms with van der Waals surface area (Å²) >= 11 is 0. The van der Waals surface area contributed by atoms with Gasteiger partial charge in [-0.15, -0.1) is 0 Å². The van der Waals surface area contributed by atoms with Gasteiger partial charge in [0.05, 0.1) is 4.90 Å². The Morgan fingerprint density at radius 3 is 2.45 bits per heavy atom. The monoisotopic (exact) mass is 420 g/mol. The highest BCUT2D eigenvalue weighted by molar-refractivity contribution is 7.89. The molecule has 6 heteroatoms. The van der Waals surface area contributed by atoms with Gasteiger partial charge in [-0.2, -0.15) is 0 Å². The molecule has 2 aliphatic rings. The molecule has 3 rings (SSSR count). The van der Waals surface area contributed by atoms with Crippen LogP contribution >= 0.6 is 0 Å². The SMILES string of the molecule is CC(C)CNS(=O)(=O)c1cc(C(=O)N2CC[C@H]3CCCC[C@@H]3C2)ccc1C(C)C. The van der Waals surface area contributed by atoms with Crippen molar-refractivity contribution in [1.29, 1.82) is 0 Å². The van der Waals surface area contributed by atoms with Crippen molar-refractivity contribution in [2.75, 3.05) is 19.6 Å². The van der Waals surface area contributed by atoms with E-state index in [0.29, 0.717) is 18.0 Å². The summed E-state index contributed by atoms with van der Waals surface area (Å²) in [5, 5.41) is 0. The second kappa shape index (κ2) is 9.17. The number of amides is 1. The summed E-state index contributed by atoms with van der Waals surface area (Å²) in [5.41, 5.74) is 1.23. The molecule has 1 heterocycles. The number of nitrogens with zero attached hydrogens (tertiary/aromatic N) is 1. The molecule has 0 radical (unpaired) electrons. The molecule has 1 aliphatic heterocycles. The van der Waals surface area contributed by atoms with Gasteiger partial charge in [0, 0.05) is 25.2 Å². The second-order valence-corrected chi connectivity index (χ2v) is 11.2. The highest BCUT2D eigenvalue weighted by Gasteiger charge is 2.33. The normalized spacial score (nSPS) is 22.8. The summed E-state index contributed by atoms with van der Waals surface area (Å²) in [4.78, 5) is 15.4. The van der Waals surface area contributed by atoms with Crippen molar-refractivity contribution in [1.82, 2.24) is 9.62 Å². The zero-order chi connectivity index (χ0) is 21.2. The zero-order valence-electron chi connectivity index (χ0n) is 18.3. The Labute approximate surface area is 176 Å². The molecule has 1 aromatic rings. The molecule has 2 fully saturated rings. The number of carbonyl (C=O) groups excluding carboxylic acids is 1.